The molecule has 2 fully saturated rings. The zero-order valence-corrected chi connectivity index (χ0v) is 27.3. The van der Waals surface area contributed by atoms with Gasteiger partial charge < -0.3 is 14.8 Å². The third kappa shape index (κ3) is 8.01. The number of fused-ring (bicyclic) bond motifs is 1. The third-order valence-electron chi connectivity index (χ3n) is 8.42. The number of carbonyl (C=O) groups excluding carboxylic acids is 2. The van der Waals surface area contributed by atoms with Crippen LogP contribution in [-0.4, -0.2) is 51.6 Å². The molecule has 0 spiro atoms. The molecule has 232 valence electrons. The van der Waals surface area contributed by atoms with Gasteiger partial charge in [-0.3, -0.25) is 14.9 Å². The van der Waals surface area contributed by atoms with Crippen molar-refractivity contribution in [1.29, 1.82) is 0 Å². The smallest absolute Gasteiger partial charge is 0.251 e. The largest absolute Gasteiger partial charge is 0.343 e. The minimum atomic E-state index is -0.235. The molecule has 3 heterocycles. The molecule has 2 N–H and O–H groups in total. The predicted molar refractivity (Wildman–Crippen MR) is 176 cm³/mol. The average Bonchev–Trinajstić information content (AvgIpc) is 3.72. The molecule has 2 aromatic heterocycles. The lowest BCUT2D eigenvalue weighted by Gasteiger charge is -2.47. The van der Waals surface area contributed by atoms with E-state index >= 15 is 0 Å². The second-order valence-electron chi connectivity index (χ2n) is 12.7. The van der Waals surface area contributed by atoms with Gasteiger partial charge in [0, 0.05) is 36.8 Å². The van der Waals surface area contributed by atoms with E-state index in [1.807, 2.05) is 23.1 Å². The quantitative estimate of drug-likeness (QED) is 0.242. The van der Waals surface area contributed by atoms with Crippen LogP contribution in [-0.2, 0) is 11.2 Å². The molecule has 2 amide bonds. The van der Waals surface area contributed by atoms with E-state index in [2.05, 4.69) is 74.3 Å². The lowest BCUT2D eigenvalue weighted by molar-refractivity contribution is -0.144. The molecule has 0 radical (unpaired) electrons. The van der Waals surface area contributed by atoms with Crippen molar-refractivity contribution in [3.05, 3.63) is 52.0 Å². The maximum atomic E-state index is 13.0. The second-order valence-corrected chi connectivity index (χ2v) is 13.7. The van der Waals surface area contributed by atoms with Gasteiger partial charge in [-0.2, -0.15) is 0 Å². The fourth-order valence-corrected chi connectivity index (χ4v) is 6.93. The van der Waals surface area contributed by atoms with Crippen LogP contribution in [0.3, 0.4) is 0 Å². The van der Waals surface area contributed by atoms with Gasteiger partial charge in [-0.25, -0.2) is 4.98 Å². The van der Waals surface area contributed by atoms with Crippen molar-refractivity contribution in [2.24, 2.45) is 11.8 Å². The van der Waals surface area contributed by atoms with Crippen LogP contribution >= 0.6 is 11.3 Å². The highest BCUT2D eigenvalue weighted by Crippen LogP contribution is 2.29. The molecule has 1 aromatic carbocycles. The molecule has 1 saturated heterocycles. The third-order valence-corrected chi connectivity index (χ3v) is 9.30. The Hall–Kier alpha value is -2.71. The monoisotopic (exact) mass is 595 g/mol. The van der Waals surface area contributed by atoms with Crippen molar-refractivity contribution in [3.63, 3.8) is 0 Å². The van der Waals surface area contributed by atoms with Gasteiger partial charge in [-0.1, -0.05) is 53.5 Å². The summed E-state index contributed by atoms with van der Waals surface area (Å²) in [4.78, 5) is 34.2. The maximum Gasteiger partial charge on any atom is 0.251 e. The number of thiophene rings is 1. The normalized spacial score (nSPS) is 18.8. The lowest BCUT2D eigenvalue weighted by Crippen LogP contribution is -2.65. The van der Waals surface area contributed by atoms with E-state index in [0.29, 0.717) is 11.6 Å². The molecule has 8 heteroatoms. The van der Waals surface area contributed by atoms with E-state index in [-0.39, 0.29) is 32.0 Å². The minimum absolute atomic E-state index is 0. The van der Waals surface area contributed by atoms with Gasteiger partial charge in [-0.15, -0.1) is 11.3 Å². The summed E-state index contributed by atoms with van der Waals surface area (Å²) in [5, 5.41) is 8.54. The van der Waals surface area contributed by atoms with Crippen molar-refractivity contribution in [3.8, 4) is 0 Å². The molecular weight excluding hydrogens is 542 g/mol. The van der Waals surface area contributed by atoms with Gasteiger partial charge in [0.05, 0.1) is 23.7 Å². The molecule has 2 aliphatic rings. The Bertz CT molecular complexity index is 1290. The Balaban J connectivity index is 0.000000954. The molecule has 1 saturated carbocycles. The van der Waals surface area contributed by atoms with Crippen LogP contribution in [0.25, 0.3) is 11.0 Å². The van der Waals surface area contributed by atoms with Crippen LogP contribution in [0.2, 0.25) is 0 Å². The molecule has 2 atom stereocenters. The number of likely N-dealkylation sites (tertiary alicyclic amines) is 1. The molecule has 1 aliphatic heterocycles. The van der Waals surface area contributed by atoms with Crippen molar-refractivity contribution < 1.29 is 11.0 Å². The van der Waals surface area contributed by atoms with Crippen molar-refractivity contribution in [2.75, 3.05) is 13.1 Å². The molecule has 7 nitrogen and oxygen atoms in total. The van der Waals surface area contributed by atoms with E-state index in [4.69, 9.17) is 4.98 Å². The second kappa shape index (κ2) is 15.1. The number of amides is 2. The summed E-state index contributed by atoms with van der Waals surface area (Å²) in [6.07, 6.45) is 9.10. The number of nitrogens with zero attached hydrogens (tertiary/aromatic N) is 3. The highest BCUT2D eigenvalue weighted by molar-refractivity contribution is 7.09. The highest BCUT2D eigenvalue weighted by Gasteiger charge is 2.38. The number of benzene rings is 1. The van der Waals surface area contributed by atoms with Gasteiger partial charge in [-0.05, 0) is 80.6 Å². The van der Waals surface area contributed by atoms with E-state index in [1.165, 1.54) is 30.6 Å². The first kappa shape index (κ1) is 32.2. The summed E-state index contributed by atoms with van der Waals surface area (Å²) in [7, 11) is 0. The summed E-state index contributed by atoms with van der Waals surface area (Å²) in [5.74, 6) is 2.34. The Morgan fingerprint density at radius 1 is 1.12 bits per heavy atom. The van der Waals surface area contributed by atoms with Crippen molar-refractivity contribution >= 4 is 34.2 Å². The molecular formula is C34H53N5O2S. The number of nitrogens with one attached hydrogen (secondary N) is 2. The first-order valence-corrected chi connectivity index (χ1v) is 17.0. The van der Waals surface area contributed by atoms with Crippen LogP contribution in [0.15, 0.2) is 35.7 Å². The first-order chi connectivity index (χ1) is 20.2. The number of hydrogen-bond acceptors (Lipinski definition) is 5. The average molecular weight is 596 g/mol. The fraction of sp³-hybridized carbons (Fsp3) is 0.618. The maximum absolute atomic E-state index is 13.0. The molecule has 0 bridgehead atoms. The number of imidazole rings is 1. The standard InChI is InChI=1S/C30H41N5O2S.C4H10.H2/c1-4-23(5-2)35-26-13-12-22(16-25(26)33-28(35)17-24-11-8-14-38-24)30(37)32-19-29(36)34-20(3)15-27(34)31-18-21-9-6-7-10-21;1-4(2)3;/h8,11-14,16,20-21,23,27,31H,4-7,9-10,15,17-19H2,1-3H3,(H,32,37);4H,1-3H3;1H. The van der Waals surface area contributed by atoms with Gasteiger partial charge in [0.2, 0.25) is 5.91 Å². The summed E-state index contributed by atoms with van der Waals surface area (Å²) in [6.45, 7) is 14.0. The van der Waals surface area contributed by atoms with Gasteiger partial charge in [0.15, 0.2) is 0 Å². The summed E-state index contributed by atoms with van der Waals surface area (Å²) >= 11 is 1.74. The number of aromatic nitrogens is 2. The molecule has 42 heavy (non-hydrogen) atoms. The van der Waals surface area contributed by atoms with Crippen LogP contribution in [0.1, 0.15) is 115 Å². The summed E-state index contributed by atoms with van der Waals surface area (Å²) < 4.78 is 2.35. The van der Waals surface area contributed by atoms with Gasteiger partial charge >= 0.3 is 0 Å². The number of rotatable bonds is 11. The van der Waals surface area contributed by atoms with E-state index < -0.39 is 0 Å². The van der Waals surface area contributed by atoms with Crippen molar-refractivity contribution in [2.45, 2.75) is 111 Å². The minimum Gasteiger partial charge on any atom is -0.343 e. The Morgan fingerprint density at radius 2 is 1.83 bits per heavy atom. The summed E-state index contributed by atoms with van der Waals surface area (Å²) in [5.41, 5.74) is 2.42. The van der Waals surface area contributed by atoms with E-state index in [0.717, 1.165) is 60.9 Å². The number of carbonyl (C=O) groups is 2. The SMILES string of the molecule is CC(C)C.CCC(CC)n1c(Cc2cccs2)nc2cc(C(=O)NCC(=O)N3C(C)CC3NCC3CCCC3)ccc21.[HH]. The van der Waals surface area contributed by atoms with Crippen LogP contribution in [0, 0.1) is 11.8 Å². The Kier molecular flexibility index (Phi) is 11.6. The first-order valence-electron chi connectivity index (χ1n) is 16.1. The topological polar surface area (TPSA) is 79.3 Å². The zero-order chi connectivity index (χ0) is 30.2. The molecule has 3 aromatic rings. The van der Waals surface area contributed by atoms with Crippen molar-refractivity contribution in [1.82, 2.24) is 25.1 Å². The van der Waals surface area contributed by atoms with Gasteiger partial charge in [0.25, 0.3) is 5.91 Å². The fourth-order valence-electron chi connectivity index (χ4n) is 6.23. The lowest BCUT2D eigenvalue weighted by atomic mass is 9.99. The Morgan fingerprint density at radius 3 is 2.45 bits per heavy atom. The molecule has 5 rings (SSSR count). The highest BCUT2D eigenvalue weighted by atomic mass is 32.1. The van der Waals surface area contributed by atoms with Crippen LogP contribution in [0.5, 0.6) is 0 Å². The Labute approximate surface area is 258 Å². The van der Waals surface area contributed by atoms with E-state index in [1.54, 1.807) is 11.3 Å². The number of hydrogen-bond donors (Lipinski definition) is 2. The zero-order valence-electron chi connectivity index (χ0n) is 26.5. The predicted octanol–water partition coefficient (Wildman–Crippen LogP) is 7.41. The van der Waals surface area contributed by atoms with E-state index in [9.17, 15) is 9.59 Å². The molecule has 2 unspecified atom stereocenters. The summed E-state index contributed by atoms with van der Waals surface area (Å²) in [6, 6.07) is 10.5. The van der Waals surface area contributed by atoms with Crippen LogP contribution < -0.4 is 10.6 Å². The van der Waals surface area contributed by atoms with Crippen LogP contribution in [0.4, 0.5) is 0 Å². The molecule has 1 aliphatic carbocycles. The van der Waals surface area contributed by atoms with Gasteiger partial charge in [0.1, 0.15) is 5.82 Å².